The summed E-state index contributed by atoms with van der Waals surface area (Å²) in [5, 5.41) is 13.6. The van der Waals surface area contributed by atoms with E-state index in [1.165, 1.54) is 18.3 Å². The van der Waals surface area contributed by atoms with Crippen LogP contribution in [-0.2, 0) is 0 Å². The maximum atomic E-state index is 13.4. The summed E-state index contributed by atoms with van der Waals surface area (Å²) >= 11 is 0. The van der Waals surface area contributed by atoms with Gasteiger partial charge in [0.2, 0.25) is 0 Å². The van der Waals surface area contributed by atoms with Crippen LogP contribution in [0.4, 0.5) is 14.5 Å². The van der Waals surface area contributed by atoms with Crippen LogP contribution < -0.4 is 5.32 Å². The Balaban J connectivity index is 1.55. The molecule has 0 saturated heterocycles. The number of fused-ring (bicyclic) bond motifs is 1. The zero-order valence-corrected chi connectivity index (χ0v) is 13.2. The number of hydrogen-bond donors (Lipinski definition) is 1. The molecule has 0 amide bonds. The predicted octanol–water partition coefficient (Wildman–Crippen LogP) is 4.14. The SMILES string of the molecule is N#Cc1cnc2cnccc2c1NC1CC(c2cc(F)cc(F)c2)C1. The first-order valence-corrected chi connectivity index (χ1v) is 7.99. The molecule has 124 valence electrons. The highest BCUT2D eigenvalue weighted by molar-refractivity contribution is 5.93. The highest BCUT2D eigenvalue weighted by atomic mass is 19.1. The quantitative estimate of drug-likeness (QED) is 0.781. The summed E-state index contributed by atoms with van der Waals surface area (Å²) < 4.78 is 26.7. The average Bonchev–Trinajstić information content (AvgIpc) is 2.56. The fourth-order valence-corrected chi connectivity index (χ4v) is 3.31. The lowest BCUT2D eigenvalue weighted by Crippen LogP contribution is -2.34. The molecule has 1 fully saturated rings. The molecule has 6 heteroatoms. The molecule has 25 heavy (non-hydrogen) atoms. The van der Waals surface area contributed by atoms with Crippen LogP contribution in [-0.4, -0.2) is 16.0 Å². The molecule has 0 unspecified atom stereocenters. The number of nitrogens with zero attached hydrogens (tertiary/aromatic N) is 3. The Kier molecular flexibility index (Phi) is 3.77. The van der Waals surface area contributed by atoms with Crippen LogP contribution >= 0.6 is 0 Å². The van der Waals surface area contributed by atoms with Gasteiger partial charge in [0.05, 0.1) is 23.0 Å². The molecule has 1 aliphatic rings. The molecule has 4 nitrogen and oxygen atoms in total. The number of rotatable bonds is 3. The van der Waals surface area contributed by atoms with E-state index in [9.17, 15) is 14.0 Å². The van der Waals surface area contributed by atoms with E-state index >= 15 is 0 Å². The zero-order chi connectivity index (χ0) is 17.4. The molecule has 3 aromatic rings. The Hall–Kier alpha value is -3.07. The minimum absolute atomic E-state index is 0.114. The van der Waals surface area contributed by atoms with Crippen LogP contribution in [0.2, 0.25) is 0 Å². The van der Waals surface area contributed by atoms with Crippen molar-refractivity contribution < 1.29 is 8.78 Å². The van der Waals surface area contributed by atoms with Crippen molar-refractivity contribution in [2.45, 2.75) is 24.8 Å². The van der Waals surface area contributed by atoms with Crippen molar-refractivity contribution in [3.8, 4) is 6.07 Å². The van der Waals surface area contributed by atoms with Gasteiger partial charge in [-0.15, -0.1) is 0 Å². The minimum atomic E-state index is -0.550. The molecule has 0 spiro atoms. The van der Waals surface area contributed by atoms with Crippen molar-refractivity contribution in [2.75, 3.05) is 5.32 Å². The molecule has 1 aromatic carbocycles. The summed E-state index contributed by atoms with van der Waals surface area (Å²) in [6, 6.07) is 7.78. The second-order valence-electron chi connectivity index (χ2n) is 6.26. The van der Waals surface area contributed by atoms with Crippen LogP contribution in [0.15, 0.2) is 42.9 Å². The van der Waals surface area contributed by atoms with Gasteiger partial charge in [-0.1, -0.05) is 0 Å². The Morgan fingerprint density at radius 1 is 1.12 bits per heavy atom. The molecule has 0 radical (unpaired) electrons. The second-order valence-corrected chi connectivity index (χ2v) is 6.26. The minimum Gasteiger partial charge on any atom is -0.381 e. The lowest BCUT2D eigenvalue weighted by atomic mass is 9.75. The van der Waals surface area contributed by atoms with Crippen molar-refractivity contribution in [1.29, 1.82) is 5.26 Å². The third-order valence-corrected chi connectivity index (χ3v) is 4.63. The molecule has 2 aromatic heterocycles. The second kappa shape index (κ2) is 6.10. The molecular weight excluding hydrogens is 322 g/mol. The summed E-state index contributed by atoms with van der Waals surface area (Å²) in [6.07, 6.45) is 6.35. The third-order valence-electron chi connectivity index (χ3n) is 4.63. The van der Waals surface area contributed by atoms with Gasteiger partial charge in [0.1, 0.15) is 17.7 Å². The molecule has 4 rings (SSSR count). The number of nitrogens with one attached hydrogen (secondary N) is 1. The fraction of sp³-hybridized carbons (Fsp3) is 0.211. The molecule has 1 N–H and O–H groups in total. The number of pyridine rings is 2. The molecule has 1 saturated carbocycles. The van der Waals surface area contributed by atoms with Gasteiger partial charge in [0, 0.05) is 29.9 Å². The average molecular weight is 336 g/mol. The molecule has 2 heterocycles. The van der Waals surface area contributed by atoms with Gasteiger partial charge in [0.25, 0.3) is 0 Å². The van der Waals surface area contributed by atoms with E-state index in [0.717, 1.165) is 30.0 Å². The number of aromatic nitrogens is 2. The number of anilines is 1. The maximum Gasteiger partial charge on any atom is 0.126 e. The van der Waals surface area contributed by atoms with Gasteiger partial charge < -0.3 is 5.32 Å². The van der Waals surface area contributed by atoms with Crippen molar-refractivity contribution in [3.05, 3.63) is 65.6 Å². The lowest BCUT2D eigenvalue weighted by molar-refractivity contribution is 0.371. The summed E-state index contributed by atoms with van der Waals surface area (Å²) in [4.78, 5) is 8.28. The highest BCUT2D eigenvalue weighted by Gasteiger charge is 2.31. The Bertz CT molecular complexity index is 970. The van der Waals surface area contributed by atoms with Gasteiger partial charge in [-0.05, 0) is 42.5 Å². The molecule has 0 atom stereocenters. The zero-order valence-electron chi connectivity index (χ0n) is 13.2. The van der Waals surface area contributed by atoms with E-state index in [1.54, 1.807) is 12.4 Å². The van der Waals surface area contributed by atoms with E-state index in [-0.39, 0.29) is 12.0 Å². The number of nitriles is 1. The predicted molar refractivity (Wildman–Crippen MR) is 90.0 cm³/mol. The van der Waals surface area contributed by atoms with Gasteiger partial charge in [-0.3, -0.25) is 9.97 Å². The van der Waals surface area contributed by atoms with Crippen molar-refractivity contribution in [2.24, 2.45) is 0 Å². The number of benzene rings is 1. The van der Waals surface area contributed by atoms with Gasteiger partial charge in [-0.2, -0.15) is 5.26 Å². The molecule has 1 aliphatic carbocycles. The number of halogens is 2. The van der Waals surface area contributed by atoms with E-state index in [2.05, 4.69) is 21.4 Å². The van der Waals surface area contributed by atoms with Crippen LogP contribution in [0.5, 0.6) is 0 Å². The molecule has 0 aliphatic heterocycles. The summed E-state index contributed by atoms with van der Waals surface area (Å²) in [5.74, 6) is -0.986. The summed E-state index contributed by atoms with van der Waals surface area (Å²) in [5.41, 5.74) is 2.61. The standard InChI is InChI=1S/C19H14F2N4/c20-14-3-11(4-15(21)7-14)12-5-16(6-12)25-19-13(8-22)9-24-18-10-23-2-1-17(18)19/h1-4,7,9-10,12,16H,5-6H2,(H,24,25). The Labute approximate surface area is 143 Å². The van der Waals surface area contributed by atoms with Gasteiger partial charge >= 0.3 is 0 Å². The van der Waals surface area contributed by atoms with E-state index < -0.39 is 11.6 Å². The van der Waals surface area contributed by atoms with Crippen molar-refractivity contribution >= 4 is 16.6 Å². The highest BCUT2D eigenvalue weighted by Crippen LogP contribution is 2.40. The first-order chi connectivity index (χ1) is 12.1. The molecular formula is C19H14F2N4. The van der Waals surface area contributed by atoms with Gasteiger partial charge in [0.15, 0.2) is 0 Å². The van der Waals surface area contributed by atoms with Crippen molar-refractivity contribution in [1.82, 2.24) is 9.97 Å². The fourth-order valence-electron chi connectivity index (χ4n) is 3.31. The van der Waals surface area contributed by atoms with E-state index in [1.807, 2.05) is 6.07 Å². The topological polar surface area (TPSA) is 61.6 Å². The first kappa shape index (κ1) is 15.5. The van der Waals surface area contributed by atoms with E-state index in [4.69, 9.17) is 0 Å². The van der Waals surface area contributed by atoms with Crippen LogP contribution in [0.1, 0.15) is 29.9 Å². The van der Waals surface area contributed by atoms with Crippen LogP contribution in [0.25, 0.3) is 10.9 Å². The third kappa shape index (κ3) is 2.89. The van der Waals surface area contributed by atoms with Crippen LogP contribution in [0.3, 0.4) is 0 Å². The summed E-state index contributed by atoms with van der Waals surface area (Å²) in [6.45, 7) is 0. The Morgan fingerprint density at radius 3 is 2.60 bits per heavy atom. The maximum absolute atomic E-state index is 13.4. The van der Waals surface area contributed by atoms with Gasteiger partial charge in [-0.25, -0.2) is 8.78 Å². The smallest absolute Gasteiger partial charge is 0.126 e. The first-order valence-electron chi connectivity index (χ1n) is 7.99. The monoisotopic (exact) mass is 336 g/mol. The van der Waals surface area contributed by atoms with E-state index in [0.29, 0.717) is 16.6 Å². The largest absolute Gasteiger partial charge is 0.381 e. The number of hydrogen-bond acceptors (Lipinski definition) is 4. The van der Waals surface area contributed by atoms with Crippen molar-refractivity contribution in [3.63, 3.8) is 0 Å². The Morgan fingerprint density at radius 2 is 1.88 bits per heavy atom. The normalized spacial score (nSPS) is 19.2. The lowest BCUT2D eigenvalue weighted by Gasteiger charge is -2.37. The van der Waals surface area contributed by atoms with Crippen LogP contribution in [0, 0.1) is 23.0 Å². The summed E-state index contributed by atoms with van der Waals surface area (Å²) in [7, 11) is 0. The molecule has 0 bridgehead atoms.